The number of imidazole rings is 1. The van der Waals surface area contributed by atoms with Gasteiger partial charge >= 0.3 is 12.3 Å². The third kappa shape index (κ3) is 5.02. The number of ether oxygens (including phenoxy) is 1. The van der Waals surface area contributed by atoms with Crippen molar-refractivity contribution in [3.8, 4) is 11.4 Å². The molecule has 2 aromatic heterocycles. The molecule has 0 spiro atoms. The number of carbonyl (C=O) groups excluding carboxylic acids is 1. The quantitative estimate of drug-likeness (QED) is 0.848. The summed E-state index contributed by atoms with van der Waals surface area (Å²) in [6, 6.07) is 3.53. The van der Waals surface area contributed by atoms with Gasteiger partial charge in [0.05, 0.1) is 11.6 Å². The topological polar surface area (TPSA) is 69.0 Å². The summed E-state index contributed by atoms with van der Waals surface area (Å²) < 4.78 is 45.8. The van der Waals surface area contributed by atoms with E-state index in [2.05, 4.69) is 15.3 Å². The van der Waals surface area contributed by atoms with Crippen molar-refractivity contribution < 1.29 is 22.7 Å². The van der Waals surface area contributed by atoms with E-state index in [1.54, 1.807) is 49.9 Å². The summed E-state index contributed by atoms with van der Waals surface area (Å²) in [6.45, 7) is 5.90. The lowest BCUT2D eigenvalue weighted by atomic mass is 9.97. The van der Waals surface area contributed by atoms with Crippen molar-refractivity contribution in [3.05, 3.63) is 35.9 Å². The number of alkyl halides is 3. The van der Waals surface area contributed by atoms with Crippen LogP contribution in [0.4, 0.5) is 18.0 Å². The van der Waals surface area contributed by atoms with Gasteiger partial charge in [0, 0.05) is 31.9 Å². The lowest BCUT2D eigenvalue weighted by Gasteiger charge is -2.25. The Morgan fingerprint density at radius 2 is 2.04 bits per heavy atom. The summed E-state index contributed by atoms with van der Waals surface area (Å²) in [4.78, 5) is 20.3. The highest BCUT2D eigenvalue weighted by atomic mass is 19.4. The number of nitrogens with zero attached hydrogens (tertiary/aromatic N) is 3. The molecule has 1 amide bonds. The summed E-state index contributed by atoms with van der Waals surface area (Å²) >= 11 is 0. The molecule has 152 valence electrons. The van der Waals surface area contributed by atoms with E-state index in [4.69, 9.17) is 4.74 Å². The Morgan fingerprint density at radius 1 is 1.29 bits per heavy atom. The van der Waals surface area contributed by atoms with E-state index >= 15 is 0 Å². The van der Waals surface area contributed by atoms with Crippen LogP contribution in [0.1, 0.15) is 38.6 Å². The van der Waals surface area contributed by atoms with Crippen LogP contribution in [0.3, 0.4) is 0 Å². The minimum absolute atomic E-state index is 0.0645. The van der Waals surface area contributed by atoms with Crippen molar-refractivity contribution in [3.63, 3.8) is 0 Å². The first-order chi connectivity index (χ1) is 13.0. The van der Waals surface area contributed by atoms with Crippen LogP contribution in [-0.2, 0) is 24.2 Å². The minimum Gasteiger partial charge on any atom is -0.444 e. The Balaban J connectivity index is 1.63. The van der Waals surface area contributed by atoms with Gasteiger partial charge in [-0.2, -0.15) is 13.2 Å². The Hall–Kier alpha value is -2.58. The van der Waals surface area contributed by atoms with Crippen LogP contribution in [-0.4, -0.2) is 32.4 Å². The van der Waals surface area contributed by atoms with Crippen LogP contribution in [0.5, 0.6) is 0 Å². The molecule has 0 radical (unpaired) electrons. The van der Waals surface area contributed by atoms with Crippen LogP contribution in [0.2, 0.25) is 0 Å². The van der Waals surface area contributed by atoms with Gasteiger partial charge in [-0.05, 0) is 38.8 Å². The van der Waals surface area contributed by atoms with Crippen molar-refractivity contribution in [1.29, 1.82) is 0 Å². The van der Waals surface area contributed by atoms with Gasteiger partial charge < -0.3 is 14.6 Å². The van der Waals surface area contributed by atoms with E-state index in [0.29, 0.717) is 23.8 Å². The second kappa shape index (κ2) is 7.44. The van der Waals surface area contributed by atoms with Crippen molar-refractivity contribution in [1.82, 2.24) is 19.9 Å². The largest absolute Gasteiger partial charge is 0.444 e. The van der Waals surface area contributed by atoms with E-state index in [0.717, 1.165) is 5.56 Å². The van der Waals surface area contributed by atoms with Crippen LogP contribution < -0.4 is 5.32 Å². The summed E-state index contributed by atoms with van der Waals surface area (Å²) in [7, 11) is 0. The predicted molar refractivity (Wildman–Crippen MR) is 96.4 cm³/mol. The van der Waals surface area contributed by atoms with Crippen LogP contribution in [0, 0.1) is 5.92 Å². The molecule has 1 atom stereocenters. The maximum absolute atomic E-state index is 12.9. The van der Waals surface area contributed by atoms with Gasteiger partial charge in [0.2, 0.25) is 0 Å². The number of hydrogen-bond donors (Lipinski definition) is 1. The molecule has 0 aromatic carbocycles. The first kappa shape index (κ1) is 20.2. The maximum Gasteiger partial charge on any atom is 0.407 e. The van der Waals surface area contributed by atoms with Crippen LogP contribution in [0.15, 0.2) is 24.5 Å². The van der Waals surface area contributed by atoms with Gasteiger partial charge in [-0.15, -0.1) is 0 Å². The van der Waals surface area contributed by atoms with Gasteiger partial charge in [0.25, 0.3) is 0 Å². The number of pyridine rings is 1. The lowest BCUT2D eigenvalue weighted by molar-refractivity contribution is -0.179. The molecule has 0 saturated heterocycles. The molecule has 0 saturated carbocycles. The molecule has 28 heavy (non-hydrogen) atoms. The number of aryl methyl sites for hydroxylation is 1. The summed E-state index contributed by atoms with van der Waals surface area (Å²) in [5, 5.41) is 2.65. The molecule has 0 fully saturated rings. The molecular weight excluding hydrogens is 373 g/mol. The smallest absolute Gasteiger partial charge is 0.407 e. The molecule has 2 aromatic rings. The van der Waals surface area contributed by atoms with E-state index in [-0.39, 0.29) is 19.4 Å². The zero-order chi connectivity index (χ0) is 20.5. The summed E-state index contributed by atoms with van der Waals surface area (Å²) in [6.07, 6.45) is -1.42. The fourth-order valence-corrected chi connectivity index (χ4v) is 3.00. The molecular formula is C19H23F3N4O2. The van der Waals surface area contributed by atoms with Crippen molar-refractivity contribution in [2.24, 2.45) is 5.92 Å². The molecule has 1 unspecified atom stereocenters. The van der Waals surface area contributed by atoms with Gasteiger partial charge in [0.1, 0.15) is 17.1 Å². The van der Waals surface area contributed by atoms with Gasteiger partial charge in [-0.1, -0.05) is 6.07 Å². The first-order valence-electron chi connectivity index (χ1n) is 9.06. The molecule has 3 rings (SSSR count). The van der Waals surface area contributed by atoms with Crippen molar-refractivity contribution in [2.75, 3.05) is 0 Å². The Morgan fingerprint density at radius 3 is 2.64 bits per heavy atom. The number of carbonyl (C=O) groups is 1. The van der Waals surface area contributed by atoms with Crippen LogP contribution in [0.25, 0.3) is 11.4 Å². The number of alkyl carbamates (subject to hydrolysis) is 1. The lowest BCUT2D eigenvalue weighted by Crippen LogP contribution is -2.32. The second-order valence-corrected chi connectivity index (χ2v) is 7.87. The van der Waals surface area contributed by atoms with Gasteiger partial charge in [-0.3, -0.25) is 4.98 Å². The van der Waals surface area contributed by atoms with Crippen molar-refractivity contribution >= 4 is 6.09 Å². The number of halogens is 3. The fraction of sp³-hybridized carbons (Fsp3) is 0.526. The second-order valence-electron chi connectivity index (χ2n) is 7.87. The third-order valence-corrected chi connectivity index (χ3v) is 4.39. The molecule has 9 heteroatoms. The average molecular weight is 396 g/mol. The number of nitrogens with one attached hydrogen (secondary N) is 1. The van der Waals surface area contributed by atoms with E-state index in [9.17, 15) is 18.0 Å². The molecule has 0 bridgehead atoms. The summed E-state index contributed by atoms with van der Waals surface area (Å²) in [5.41, 5.74) is 1.32. The zero-order valence-electron chi connectivity index (χ0n) is 16.0. The third-order valence-electron chi connectivity index (χ3n) is 4.39. The Bertz CT molecular complexity index is 838. The average Bonchev–Trinajstić information content (AvgIpc) is 3.01. The SMILES string of the molecule is CC(C)(C)OC(=O)NCc1ccc(-c2cn3c(n2)CC(C(F)(F)F)CC3)nc1. The standard InChI is InChI=1S/C19H23F3N4O2/c1-18(2,3)28-17(27)24-10-12-4-5-14(23-9-12)15-11-26-7-6-13(19(20,21)22)8-16(26)25-15/h4-5,9,11,13H,6-8,10H2,1-3H3,(H,24,27). The monoisotopic (exact) mass is 396 g/mol. The normalized spacial score (nSPS) is 17.1. The Labute approximate surface area is 161 Å². The fourth-order valence-electron chi connectivity index (χ4n) is 3.00. The van der Waals surface area contributed by atoms with E-state index in [1.165, 1.54) is 0 Å². The van der Waals surface area contributed by atoms with Crippen molar-refractivity contribution in [2.45, 2.75) is 58.5 Å². The summed E-state index contributed by atoms with van der Waals surface area (Å²) in [5.74, 6) is -0.912. The number of rotatable bonds is 3. The minimum atomic E-state index is -4.20. The van der Waals surface area contributed by atoms with Gasteiger partial charge in [0.15, 0.2) is 0 Å². The van der Waals surface area contributed by atoms with Crippen LogP contribution >= 0.6 is 0 Å². The number of aromatic nitrogens is 3. The number of hydrogen-bond acceptors (Lipinski definition) is 4. The predicted octanol–water partition coefficient (Wildman–Crippen LogP) is 4.09. The maximum atomic E-state index is 12.9. The number of fused-ring (bicyclic) bond motifs is 1. The highest BCUT2D eigenvalue weighted by Crippen LogP contribution is 2.35. The van der Waals surface area contributed by atoms with Gasteiger partial charge in [-0.25, -0.2) is 9.78 Å². The highest BCUT2D eigenvalue weighted by molar-refractivity contribution is 5.67. The van der Waals surface area contributed by atoms with E-state index in [1.807, 2.05) is 0 Å². The molecule has 3 heterocycles. The molecule has 1 N–H and O–H groups in total. The molecule has 0 aliphatic carbocycles. The number of amides is 1. The highest BCUT2D eigenvalue weighted by Gasteiger charge is 2.41. The Kier molecular flexibility index (Phi) is 5.36. The molecule has 1 aliphatic heterocycles. The zero-order valence-corrected chi connectivity index (χ0v) is 16.0. The first-order valence-corrected chi connectivity index (χ1v) is 9.06. The van der Waals surface area contributed by atoms with E-state index < -0.39 is 23.8 Å². The molecule has 1 aliphatic rings. The molecule has 6 nitrogen and oxygen atoms in total.